The number of aliphatic hydroxyl groups is 1. The Morgan fingerprint density at radius 1 is 0.970 bits per heavy atom. The van der Waals surface area contributed by atoms with Crippen molar-refractivity contribution in [3.05, 3.63) is 107 Å². The molecule has 0 aliphatic carbocycles. The van der Waals surface area contributed by atoms with Gasteiger partial charge in [-0.15, -0.1) is 0 Å². The van der Waals surface area contributed by atoms with Crippen LogP contribution >= 0.6 is 0 Å². The average molecular weight is 470 g/mol. The molecule has 0 saturated carbocycles. The maximum Gasteiger partial charge on any atom is 0.294 e. The average Bonchev–Trinajstić information content (AvgIpc) is 2.79. The van der Waals surface area contributed by atoms with E-state index < -0.39 is 16.2 Å². The quantitative estimate of drug-likeness (QED) is 0.541. The number of benzene rings is 3. The maximum absolute atomic E-state index is 13.0. The van der Waals surface area contributed by atoms with Crippen molar-refractivity contribution in [3.63, 3.8) is 0 Å². The smallest absolute Gasteiger partial charge is 0.294 e. The second kappa shape index (κ2) is 10.9. The standard InChI is InChI=1S/C19H20FNO.C7H8O3S/c1-14-19(22)18(16-7-9-17(20)10-8-16)11-12-21(14)13-15-5-3-2-4-6-15;1-6-2-4-7(5-3-6)11(8,9)10/h2-11,14,19,22H,12-13H2,1H3;2-5H,1H3,(H,8,9,10). The highest BCUT2D eigenvalue weighted by molar-refractivity contribution is 7.85. The van der Waals surface area contributed by atoms with Gasteiger partial charge in [0.05, 0.1) is 11.0 Å². The molecule has 3 aromatic carbocycles. The molecule has 0 fully saturated rings. The van der Waals surface area contributed by atoms with Gasteiger partial charge in [0.15, 0.2) is 0 Å². The number of halogens is 1. The molecule has 3 aromatic rings. The van der Waals surface area contributed by atoms with Crippen molar-refractivity contribution in [1.29, 1.82) is 0 Å². The second-order valence-electron chi connectivity index (χ2n) is 8.05. The summed E-state index contributed by atoms with van der Waals surface area (Å²) in [4.78, 5) is 2.18. The van der Waals surface area contributed by atoms with Gasteiger partial charge in [-0.2, -0.15) is 8.42 Å². The first-order chi connectivity index (χ1) is 15.6. The lowest BCUT2D eigenvalue weighted by molar-refractivity contribution is 0.0892. The summed E-state index contributed by atoms with van der Waals surface area (Å²) in [7, 11) is -4.02. The third-order valence-corrected chi connectivity index (χ3v) is 6.49. The lowest BCUT2D eigenvalue weighted by Gasteiger charge is -2.37. The van der Waals surface area contributed by atoms with Gasteiger partial charge in [0, 0.05) is 19.1 Å². The maximum atomic E-state index is 13.0. The van der Waals surface area contributed by atoms with Gasteiger partial charge in [0.2, 0.25) is 0 Å². The number of hydrogen-bond donors (Lipinski definition) is 2. The third kappa shape index (κ3) is 6.82. The SMILES string of the molecule is CC1C(O)C(c2ccc(F)cc2)=CCN1Cc1ccccc1.Cc1ccc(S(=O)(=O)O)cc1. The van der Waals surface area contributed by atoms with Gasteiger partial charge in [-0.25, -0.2) is 4.39 Å². The van der Waals surface area contributed by atoms with Crippen LogP contribution in [0.15, 0.2) is 89.8 Å². The summed E-state index contributed by atoms with van der Waals surface area (Å²) in [6.07, 6.45) is 1.48. The summed E-state index contributed by atoms with van der Waals surface area (Å²) in [6, 6.07) is 22.6. The Morgan fingerprint density at radius 3 is 2.15 bits per heavy atom. The van der Waals surface area contributed by atoms with E-state index in [4.69, 9.17) is 4.55 Å². The molecular weight excluding hydrogens is 441 g/mol. The Kier molecular flexibility index (Phi) is 8.15. The Balaban J connectivity index is 0.000000235. The van der Waals surface area contributed by atoms with Crippen molar-refractivity contribution >= 4 is 15.7 Å². The Hall–Kier alpha value is -2.84. The molecule has 174 valence electrons. The van der Waals surface area contributed by atoms with E-state index in [2.05, 4.69) is 17.0 Å². The van der Waals surface area contributed by atoms with Crippen molar-refractivity contribution < 1.29 is 22.5 Å². The molecule has 0 bridgehead atoms. The van der Waals surface area contributed by atoms with Crippen molar-refractivity contribution in [1.82, 2.24) is 4.90 Å². The van der Waals surface area contributed by atoms with E-state index in [1.807, 2.05) is 38.1 Å². The fourth-order valence-corrected chi connectivity index (χ4v) is 4.11. The van der Waals surface area contributed by atoms with Crippen LogP contribution in [0.4, 0.5) is 4.39 Å². The molecule has 1 aliphatic heterocycles. The highest BCUT2D eigenvalue weighted by Crippen LogP contribution is 2.28. The lowest BCUT2D eigenvalue weighted by atomic mass is 9.91. The van der Waals surface area contributed by atoms with Crippen LogP contribution in [0.5, 0.6) is 0 Å². The van der Waals surface area contributed by atoms with Gasteiger partial charge in [-0.05, 0) is 54.8 Å². The van der Waals surface area contributed by atoms with E-state index in [0.717, 1.165) is 29.8 Å². The molecule has 0 spiro atoms. The first-order valence-electron chi connectivity index (χ1n) is 10.6. The fourth-order valence-electron chi connectivity index (χ4n) is 3.63. The summed E-state index contributed by atoms with van der Waals surface area (Å²) in [5.74, 6) is -0.256. The molecule has 0 aromatic heterocycles. The molecule has 1 heterocycles. The first-order valence-corrected chi connectivity index (χ1v) is 12.1. The van der Waals surface area contributed by atoms with Gasteiger partial charge in [-0.3, -0.25) is 9.45 Å². The highest BCUT2D eigenvalue weighted by Gasteiger charge is 2.29. The lowest BCUT2D eigenvalue weighted by Crippen LogP contribution is -2.45. The zero-order valence-electron chi connectivity index (χ0n) is 18.6. The van der Waals surface area contributed by atoms with E-state index in [-0.39, 0.29) is 16.8 Å². The molecule has 33 heavy (non-hydrogen) atoms. The molecule has 2 unspecified atom stereocenters. The summed E-state index contributed by atoms with van der Waals surface area (Å²) >= 11 is 0. The van der Waals surface area contributed by atoms with Crippen molar-refractivity contribution in [2.24, 2.45) is 0 Å². The van der Waals surface area contributed by atoms with Crippen LogP contribution in [-0.4, -0.2) is 41.7 Å². The third-order valence-electron chi connectivity index (χ3n) is 5.62. The molecule has 5 nitrogen and oxygen atoms in total. The molecule has 4 rings (SSSR count). The number of nitrogens with zero attached hydrogens (tertiary/aromatic N) is 1. The topological polar surface area (TPSA) is 77.8 Å². The van der Waals surface area contributed by atoms with E-state index >= 15 is 0 Å². The summed E-state index contributed by atoms with van der Waals surface area (Å²) in [5.41, 5.74) is 3.97. The van der Waals surface area contributed by atoms with Crippen LogP contribution in [0, 0.1) is 12.7 Å². The molecule has 2 N–H and O–H groups in total. The largest absolute Gasteiger partial charge is 0.387 e. The molecule has 7 heteroatoms. The second-order valence-corrected chi connectivity index (χ2v) is 9.48. The zero-order chi connectivity index (χ0) is 24.0. The monoisotopic (exact) mass is 469 g/mol. The minimum Gasteiger partial charge on any atom is -0.387 e. The number of aryl methyl sites for hydroxylation is 1. The van der Waals surface area contributed by atoms with Crippen molar-refractivity contribution in [2.75, 3.05) is 6.54 Å². The molecule has 0 amide bonds. The van der Waals surface area contributed by atoms with Crippen molar-refractivity contribution in [2.45, 2.75) is 37.4 Å². The van der Waals surface area contributed by atoms with Crippen LogP contribution in [0.3, 0.4) is 0 Å². The zero-order valence-corrected chi connectivity index (χ0v) is 19.4. The Bertz CT molecular complexity index is 1180. The Labute approximate surface area is 194 Å². The van der Waals surface area contributed by atoms with E-state index in [1.165, 1.54) is 29.8 Å². The molecule has 0 saturated heterocycles. The van der Waals surface area contributed by atoms with Gasteiger partial charge >= 0.3 is 0 Å². The van der Waals surface area contributed by atoms with Crippen LogP contribution in [0.1, 0.15) is 23.6 Å². The van der Waals surface area contributed by atoms with Crippen molar-refractivity contribution in [3.8, 4) is 0 Å². The number of rotatable bonds is 4. The van der Waals surface area contributed by atoms with E-state index in [0.29, 0.717) is 0 Å². The predicted molar refractivity (Wildman–Crippen MR) is 128 cm³/mol. The molecule has 1 aliphatic rings. The van der Waals surface area contributed by atoms with Gasteiger partial charge in [0.25, 0.3) is 10.1 Å². The molecular formula is C26H28FNO4S. The summed E-state index contributed by atoms with van der Waals surface area (Å²) in [5, 5.41) is 10.6. The number of aliphatic hydroxyl groups excluding tert-OH is 1. The number of hydrogen-bond acceptors (Lipinski definition) is 4. The highest BCUT2D eigenvalue weighted by atomic mass is 32.2. The van der Waals surface area contributed by atoms with Crippen LogP contribution in [0.2, 0.25) is 0 Å². The van der Waals surface area contributed by atoms with Crippen LogP contribution < -0.4 is 0 Å². The summed E-state index contributed by atoms with van der Waals surface area (Å²) in [6.45, 7) is 5.46. The first kappa shape index (κ1) is 24.8. The fraction of sp³-hybridized carbons (Fsp3) is 0.231. The minimum absolute atomic E-state index is 0.0188. The molecule has 0 radical (unpaired) electrons. The van der Waals surface area contributed by atoms with Crippen LogP contribution in [-0.2, 0) is 16.7 Å². The summed E-state index contributed by atoms with van der Waals surface area (Å²) < 4.78 is 42.6. The van der Waals surface area contributed by atoms with Gasteiger partial charge in [-0.1, -0.05) is 66.2 Å². The minimum atomic E-state index is -4.02. The van der Waals surface area contributed by atoms with Gasteiger partial charge < -0.3 is 5.11 Å². The van der Waals surface area contributed by atoms with Crippen LogP contribution in [0.25, 0.3) is 5.57 Å². The Morgan fingerprint density at radius 2 is 1.58 bits per heavy atom. The van der Waals surface area contributed by atoms with Gasteiger partial charge in [0.1, 0.15) is 5.82 Å². The van der Waals surface area contributed by atoms with E-state index in [9.17, 15) is 17.9 Å². The molecule has 2 atom stereocenters. The normalized spacial score (nSPS) is 18.8. The van der Waals surface area contributed by atoms with E-state index in [1.54, 1.807) is 24.3 Å². The predicted octanol–water partition coefficient (Wildman–Crippen LogP) is 4.72.